The highest BCUT2D eigenvalue weighted by Crippen LogP contribution is 2.45. The van der Waals surface area contributed by atoms with E-state index in [1.807, 2.05) is 0 Å². The van der Waals surface area contributed by atoms with Crippen LogP contribution in [0.1, 0.15) is 11.5 Å². The predicted octanol–water partition coefficient (Wildman–Crippen LogP) is 16.4. The molecule has 0 fully saturated rings. The van der Waals surface area contributed by atoms with Crippen LogP contribution in [0.25, 0.3) is 109 Å². The summed E-state index contributed by atoms with van der Waals surface area (Å²) in [5, 5.41) is 7.23. The molecule has 5 heteroatoms. The second kappa shape index (κ2) is 15.1. The fourth-order valence-electron chi connectivity index (χ4n) is 10.9. The third-order valence-electron chi connectivity index (χ3n) is 14.0. The van der Waals surface area contributed by atoms with Crippen molar-refractivity contribution in [3.63, 3.8) is 0 Å². The van der Waals surface area contributed by atoms with Crippen LogP contribution in [-0.4, -0.2) is 19.1 Å². The lowest BCUT2D eigenvalue weighted by atomic mass is 9.76. The average Bonchev–Trinajstić information content (AvgIpc) is 4.09. The molecule has 0 radical (unpaired) electrons. The Morgan fingerprint density at radius 1 is 0.478 bits per heavy atom. The first-order valence-electron chi connectivity index (χ1n) is 23.0. The molecule has 2 atom stereocenters. The number of thiophene rings is 1. The summed E-state index contributed by atoms with van der Waals surface area (Å²) < 4.78 is 5.80. The van der Waals surface area contributed by atoms with Crippen molar-refractivity contribution >= 4 is 75.9 Å². The van der Waals surface area contributed by atoms with Gasteiger partial charge >= 0.3 is 0 Å². The number of benzene rings is 8. The van der Waals surface area contributed by atoms with Crippen molar-refractivity contribution in [2.75, 3.05) is 0 Å². The largest absolute Gasteiger partial charge is 0.309 e. The summed E-state index contributed by atoms with van der Waals surface area (Å²) in [6.45, 7) is 0. The maximum atomic E-state index is 5.62. The van der Waals surface area contributed by atoms with E-state index in [0.29, 0.717) is 11.9 Å². The molecule has 12 aromatic rings. The Morgan fingerprint density at radius 3 is 2.09 bits per heavy atom. The van der Waals surface area contributed by atoms with E-state index < -0.39 is 0 Å². The van der Waals surface area contributed by atoms with Crippen molar-refractivity contribution in [2.24, 2.45) is 5.92 Å². The van der Waals surface area contributed by atoms with Gasteiger partial charge in [0.1, 0.15) is 0 Å². The van der Waals surface area contributed by atoms with E-state index in [2.05, 4.69) is 240 Å². The molecule has 0 aliphatic heterocycles. The minimum Gasteiger partial charge on any atom is -0.309 e. The molecule has 0 N–H and O–H groups in total. The van der Waals surface area contributed by atoms with Gasteiger partial charge in [-0.1, -0.05) is 188 Å². The van der Waals surface area contributed by atoms with Gasteiger partial charge in [-0.3, -0.25) is 4.57 Å². The Bertz CT molecular complexity index is 4090. The molecule has 0 spiro atoms. The molecule has 0 bridgehead atoms. The van der Waals surface area contributed by atoms with Crippen molar-refractivity contribution in [3.8, 4) is 44.5 Å². The number of fused-ring (bicyclic) bond motifs is 10. The summed E-state index contributed by atoms with van der Waals surface area (Å²) >= 11 is 1.76. The molecule has 67 heavy (non-hydrogen) atoms. The highest BCUT2D eigenvalue weighted by molar-refractivity contribution is 7.22. The van der Waals surface area contributed by atoms with Crippen LogP contribution in [-0.2, 0) is 0 Å². The number of hydrogen-bond donors (Lipinski definition) is 0. The van der Waals surface area contributed by atoms with E-state index in [4.69, 9.17) is 9.97 Å². The first-order valence-corrected chi connectivity index (χ1v) is 23.8. The predicted molar refractivity (Wildman–Crippen MR) is 282 cm³/mol. The summed E-state index contributed by atoms with van der Waals surface area (Å²) in [4.78, 5) is 12.3. The maximum absolute atomic E-state index is 5.62. The number of hydrogen-bond acceptors (Lipinski definition) is 3. The summed E-state index contributed by atoms with van der Waals surface area (Å²) in [5.74, 6) is 1.26. The number of aromatic nitrogens is 4. The third-order valence-corrected chi connectivity index (χ3v) is 15.1. The van der Waals surface area contributed by atoms with E-state index >= 15 is 0 Å². The molecular weight excluding hydrogens is 833 g/mol. The van der Waals surface area contributed by atoms with Crippen LogP contribution in [0.15, 0.2) is 236 Å². The lowest BCUT2D eigenvalue weighted by molar-refractivity contribution is 0.670. The van der Waals surface area contributed by atoms with Gasteiger partial charge in [-0.15, -0.1) is 11.3 Å². The van der Waals surface area contributed by atoms with Gasteiger partial charge in [-0.2, -0.15) is 0 Å². The minimum absolute atomic E-state index is 0.272. The monoisotopic (exact) mass is 872 g/mol. The first-order chi connectivity index (χ1) is 33.2. The standard InChI is InChI=1S/C62H40N4S/c1-3-17-42(18-4-1)57-38-53-61(67-57)59(43-31-29-41(30-32-43)47-25-13-19-39-15-7-9-22-46(39)47)64-62(63-53)66-55-35-34-44(37-52(55)58-48-23-10-8-16-40(48)33-36-56(58)66)49-26-14-27-51-50-24-11-12-28-54(50)65(60(49)51)45-20-5-2-6-21-45/h1-38,46-47H. The third kappa shape index (κ3) is 5.98. The SMILES string of the molecule is C1=CC2=CC=CC(c3ccc(-c4nc(-n5c6ccc(-c7cccc8c9ccccc9n(-c9ccccc9)c78)cc6c6c7ccccc7ccc65)nc5cc(-c6ccccc6)sc45)cc3)C2C=C1. The molecular formula is C62H40N4S. The lowest BCUT2D eigenvalue weighted by Gasteiger charge is -2.28. The van der Waals surface area contributed by atoms with Crippen molar-refractivity contribution in [2.45, 2.75) is 5.92 Å². The van der Waals surface area contributed by atoms with Gasteiger partial charge in [0.2, 0.25) is 5.95 Å². The molecule has 0 saturated carbocycles. The van der Waals surface area contributed by atoms with Crippen molar-refractivity contribution in [3.05, 3.63) is 242 Å². The topological polar surface area (TPSA) is 35.6 Å². The molecule has 2 unspecified atom stereocenters. The highest BCUT2D eigenvalue weighted by atomic mass is 32.1. The minimum atomic E-state index is 0.272. The number of nitrogens with zero attached hydrogens (tertiary/aromatic N) is 4. The van der Waals surface area contributed by atoms with Crippen LogP contribution in [0.2, 0.25) is 0 Å². The molecule has 8 aromatic carbocycles. The van der Waals surface area contributed by atoms with Gasteiger partial charge < -0.3 is 4.57 Å². The summed E-state index contributed by atoms with van der Waals surface area (Å²) in [7, 11) is 0. The van der Waals surface area contributed by atoms with Gasteiger partial charge in [-0.25, -0.2) is 9.97 Å². The average molecular weight is 873 g/mol. The van der Waals surface area contributed by atoms with Crippen LogP contribution in [0, 0.1) is 5.92 Å². The van der Waals surface area contributed by atoms with Crippen LogP contribution in [0.3, 0.4) is 0 Å². The van der Waals surface area contributed by atoms with Crippen LogP contribution >= 0.6 is 11.3 Å². The molecule has 314 valence electrons. The molecule has 2 aliphatic rings. The Hall–Kier alpha value is -8.38. The van der Waals surface area contributed by atoms with E-state index in [-0.39, 0.29) is 5.92 Å². The van der Waals surface area contributed by atoms with Gasteiger partial charge in [0.15, 0.2) is 0 Å². The smallest absolute Gasteiger partial charge is 0.235 e. The van der Waals surface area contributed by atoms with E-state index in [1.54, 1.807) is 11.3 Å². The zero-order valence-corrected chi connectivity index (χ0v) is 37.1. The van der Waals surface area contributed by atoms with E-state index in [0.717, 1.165) is 49.1 Å². The van der Waals surface area contributed by atoms with Crippen LogP contribution in [0.5, 0.6) is 0 Å². The molecule has 4 aromatic heterocycles. The maximum Gasteiger partial charge on any atom is 0.235 e. The normalized spacial score (nSPS) is 15.7. The highest BCUT2D eigenvalue weighted by Gasteiger charge is 2.26. The molecule has 0 saturated heterocycles. The van der Waals surface area contributed by atoms with Gasteiger partial charge in [0.05, 0.1) is 38.0 Å². The number of rotatable bonds is 6. The molecule has 0 amide bonds. The van der Waals surface area contributed by atoms with Crippen molar-refractivity contribution in [1.82, 2.24) is 19.1 Å². The zero-order chi connectivity index (χ0) is 44.0. The molecule has 4 heterocycles. The number of para-hydroxylation sites is 3. The zero-order valence-electron chi connectivity index (χ0n) is 36.3. The van der Waals surface area contributed by atoms with Gasteiger partial charge in [-0.05, 0) is 75.5 Å². The Kier molecular flexibility index (Phi) is 8.55. The second-order valence-electron chi connectivity index (χ2n) is 17.7. The summed E-state index contributed by atoms with van der Waals surface area (Å²) in [5.41, 5.74) is 14.8. The van der Waals surface area contributed by atoms with Crippen LogP contribution in [0.4, 0.5) is 0 Å². The van der Waals surface area contributed by atoms with Crippen LogP contribution < -0.4 is 0 Å². The van der Waals surface area contributed by atoms with Gasteiger partial charge in [0, 0.05) is 55.1 Å². The first kappa shape index (κ1) is 37.9. The van der Waals surface area contributed by atoms with Crippen molar-refractivity contribution in [1.29, 1.82) is 0 Å². The number of allylic oxidation sites excluding steroid dienone is 8. The molecule has 4 nitrogen and oxygen atoms in total. The van der Waals surface area contributed by atoms with E-state index in [1.165, 1.54) is 65.1 Å². The lowest BCUT2D eigenvalue weighted by Crippen LogP contribution is -2.14. The second-order valence-corrected chi connectivity index (χ2v) is 18.7. The summed E-state index contributed by atoms with van der Waals surface area (Å²) in [6.07, 6.45) is 15.6. The molecule has 2 aliphatic carbocycles. The summed E-state index contributed by atoms with van der Waals surface area (Å²) in [6, 6.07) is 68.4. The van der Waals surface area contributed by atoms with Gasteiger partial charge in [0.25, 0.3) is 0 Å². The Balaban J connectivity index is 0.995. The Labute approximate surface area is 391 Å². The molecule has 14 rings (SSSR count). The Morgan fingerprint density at radius 2 is 1.21 bits per heavy atom. The quantitative estimate of drug-likeness (QED) is 0.167. The van der Waals surface area contributed by atoms with E-state index in [9.17, 15) is 0 Å². The fourth-order valence-corrected chi connectivity index (χ4v) is 12.0. The fraction of sp³-hybridized carbons (Fsp3) is 0.0323. The van der Waals surface area contributed by atoms with Crippen molar-refractivity contribution < 1.29 is 0 Å².